The number of aromatic nitrogens is 1. The van der Waals surface area contributed by atoms with Gasteiger partial charge in [-0.05, 0) is 114 Å². The SMILES string of the molecule is CCOC(=O)C1=C(C)N=c2s/c(=C\c3cc(I)c(OCC)c(I)c3)c(=O)n2[C@@H]1c1ccc(OC)c(OCC)c1. The Hall–Kier alpha value is -2.39. The van der Waals surface area contributed by atoms with E-state index < -0.39 is 12.0 Å². The predicted molar refractivity (Wildman–Crippen MR) is 168 cm³/mol. The van der Waals surface area contributed by atoms with Gasteiger partial charge in [-0.15, -0.1) is 0 Å². The molecule has 0 aliphatic carbocycles. The number of ether oxygens (including phenoxy) is 4. The number of hydrogen-bond acceptors (Lipinski definition) is 8. The summed E-state index contributed by atoms with van der Waals surface area (Å²) < 4.78 is 26.4. The van der Waals surface area contributed by atoms with Gasteiger partial charge in [-0.3, -0.25) is 9.36 Å². The number of allylic oxidation sites excluding steroid dienone is 1. The number of benzene rings is 2. The first-order valence-corrected chi connectivity index (χ1v) is 15.3. The Morgan fingerprint density at radius 1 is 1.05 bits per heavy atom. The van der Waals surface area contributed by atoms with Crippen LogP contribution in [0.4, 0.5) is 0 Å². The van der Waals surface area contributed by atoms with Crippen molar-refractivity contribution in [3.05, 3.63) is 79.6 Å². The Morgan fingerprint density at radius 2 is 1.74 bits per heavy atom. The van der Waals surface area contributed by atoms with E-state index in [1.807, 2.05) is 38.1 Å². The molecule has 206 valence electrons. The maximum absolute atomic E-state index is 13.9. The van der Waals surface area contributed by atoms with Gasteiger partial charge >= 0.3 is 5.97 Å². The number of esters is 1. The predicted octanol–water partition coefficient (Wildman–Crippen LogP) is 4.81. The van der Waals surface area contributed by atoms with Crippen LogP contribution in [-0.4, -0.2) is 37.5 Å². The van der Waals surface area contributed by atoms with E-state index in [4.69, 9.17) is 18.9 Å². The lowest BCUT2D eigenvalue weighted by molar-refractivity contribution is -0.139. The summed E-state index contributed by atoms with van der Waals surface area (Å²) in [6.45, 7) is 8.55. The maximum Gasteiger partial charge on any atom is 0.338 e. The number of fused-ring (bicyclic) bond motifs is 1. The van der Waals surface area contributed by atoms with E-state index in [0.29, 0.717) is 50.9 Å². The highest BCUT2D eigenvalue weighted by Crippen LogP contribution is 2.36. The first-order chi connectivity index (χ1) is 18.7. The standard InChI is InChI=1S/C28H28I2N2O6S/c1-6-36-21-14-17(9-10-20(21)35-5)24-23(27(34)38-8-3)15(4)31-28-32(24)26(33)22(39-28)13-16-11-18(29)25(37-7-2)19(30)12-16/h9-14,24H,6-8H2,1-5H3/b22-13-/t24-/m1/s1. The quantitative estimate of drug-likeness (QED) is 0.229. The lowest BCUT2D eigenvalue weighted by atomic mass is 9.95. The van der Waals surface area contributed by atoms with Gasteiger partial charge in [-0.25, -0.2) is 9.79 Å². The number of thiazole rings is 1. The summed E-state index contributed by atoms with van der Waals surface area (Å²) in [6.07, 6.45) is 1.85. The van der Waals surface area contributed by atoms with Crippen molar-refractivity contribution in [2.24, 2.45) is 4.99 Å². The second kappa shape index (κ2) is 12.9. The van der Waals surface area contributed by atoms with E-state index in [9.17, 15) is 9.59 Å². The number of rotatable bonds is 9. The van der Waals surface area contributed by atoms with Crippen molar-refractivity contribution in [3.8, 4) is 17.2 Å². The van der Waals surface area contributed by atoms with Gasteiger partial charge in [0.25, 0.3) is 5.56 Å². The van der Waals surface area contributed by atoms with Crippen LogP contribution in [-0.2, 0) is 9.53 Å². The van der Waals surface area contributed by atoms with E-state index in [2.05, 4.69) is 50.2 Å². The summed E-state index contributed by atoms with van der Waals surface area (Å²) in [6, 6.07) is 8.64. The van der Waals surface area contributed by atoms with Crippen LogP contribution in [0.2, 0.25) is 0 Å². The molecule has 0 amide bonds. The van der Waals surface area contributed by atoms with Crippen molar-refractivity contribution in [2.45, 2.75) is 33.7 Å². The molecule has 2 aromatic carbocycles. The van der Waals surface area contributed by atoms with Crippen molar-refractivity contribution < 1.29 is 23.7 Å². The number of methoxy groups -OCH3 is 1. The smallest absolute Gasteiger partial charge is 0.338 e. The second-order valence-electron chi connectivity index (χ2n) is 8.39. The topological polar surface area (TPSA) is 88.4 Å². The van der Waals surface area contributed by atoms with E-state index >= 15 is 0 Å². The Kier molecular flexibility index (Phi) is 9.75. The molecule has 0 saturated heterocycles. The van der Waals surface area contributed by atoms with Gasteiger partial charge in [0.1, 0.15) is 5.75 Å². The van der Waals surface area contributed by atoms with E-state index in [-0.39, 0.29) is 12.2 Å². The fourth-order valence-corrected chi connectivity index (χ4v) is 7.51. The van der Waals surface area contributed by atoms with Gasteiger partial charge in [-0.2, -0.15) is 0 Å². The van der Waals surface area contributed by atoms with Gasteiger partial charge < -0.3 is 18.9 Å². The third-order valence-corrected chi connectivity index (χ3v) is 8.51. The Bertz CT molecular complexity index is 1600. The molecule has 1 aliphatic heterocycles. The zero-order valence-corrected chi connectivity index (χ0v) is 27.3. The molecule has 1 aliphatic rings. The molecule has 1 atom stereocenters. The molecular formula is C28H28I2N2O6S. The largest absolute Gasteiger partial charge is 0.493 e. The Labute approximate surface area is 257 Å². The molecule has 0 unspecified atom stereocenters. The van der Waals surface area contributed by atoms with Crippen LogP contribution in [0.3, 0.4) is 0 Å². The van der Waals surface area contributed by atoms with Crippen LogP contribution in [0.25, 0.3) is 6.08 Å². The Morgan fingerprint density at radius 3 is 2.36 bits per heavy atom. The van der Waals surface area contributed by atoms with Crippen molar-refractivity contribution >= 4 is 68.6 Å². The van der Waals surface area contributed by atoms with Crippen LogP contribution in [0.15, 0.2) is 51.4 Å². The highest BCUT2D eigenvalue weighted by atomic mass is 127. The molecule has 3 aromatic rings. The van der Waals surface area contributed by atoms with Gasteiger partial charge in [0.15, 0.2) is 16.3 Å². The number of carbonyl (C=O) groups excluding carboxylic acids is 1. The average Bonchev–Trinajstić information content (AvgIpc) is 3.19. The van der Waals surface area contributed by atoms with Crippen LogP contribution in [0.1, 0.15) is 44.9 Å². The summed E-state index contributed by atoms with van der Waals surface area (Å²) in [5.41, 5.74) is 2.14. The van der Waals surface area contributed by atoms with Crippen molar-refractivity contribution in [1.82, 2.24) is 4.57 Å². The van der Waals surface area contributed by atoms with Gasteiger partial charge in [-0.1, -0.05) is 17.4 Å². The third-order valence-electron chi connectivity index (χ3n) is 5.93. The number of halogens is 2. The van der Waals surface area contributed by atoms with Crippen LogP contribution in [0, 0.1) is 7.14 Å². The zero-order valence-electron chi connectivity index (χ0n) is 22.2. The summed E-state index contributed by atoms with van der Waals surface area (Å²) >= 11 is 5.77. The maximum atomic E-state index is 13.9. The van der Waals surface area contributed by atoms with Gasteiger partial charge in [0, 0.05) is 0 Å². The number of hydrogen-bond donors (Lipinski definition) is 0. The highest BCUT2D eigenvalue weighted by molar-refractivity contribution is 14.1. The molecule has 11 heteroatoms. The number of nitrogens with zero attached hydrogens (tertiary/aromatic N) is 2. The summed E-state index contributed by atoms with van der Waals surface area (Å²) in [4.78, 5) is 32.3. The molecule has 0 spiro atoms. The van der Waals surface area contributed by atoms with Crippen LogP contribution in [0.5, 0.6) is 17.2 Å². The molecule has 0 radical (unpaired) electrons. The number of carbonyl (C=O) groups is 1. The molecule has 0 N–H and O–H groups in total. The molecule has 0 saturated carbocycles. The fourth-order valence-electron chi connectivity index (χ4n) is 4.34. The molecule has 39 heavy (non-hydrogen) atoms. The normalized spacial score (nSPS) is 15.1. The summed E-state index contributed by atoms with van der Waals surface area (Å²) in [5, 5.41) is 0. The van der Waals surface area contributed by atoms with E-state index in [1.165, 1.54) is 11.3 Å². The molecule has 4 rings (SSSR count). The van der Waals surface area contributed by atoms with Crippen molar-refractivity contribution in [1.29, 1.82) is 0 Å². The monoisotopic (exact) mass is 774 g/mol. The Balaban J connectivity index is 1.94. The van der Waals surface area contributed by atoms with Crippen molar-refractivity contribution in [2.75, 3.05) is 26.9 Å². The minimum absolute atomic E-state index is 0.203. The molecule has 2 heterocycles. The van der Waals surface area contributed by atoms with Gasteiger partial charge in [0.05, 0.1) is 55.9 Å². The highest BCUT2D eigenvalue weighted by Gasteiger charge is 2.34. The van der Waals surface area contributed by atoms with E-state index in [1.54, 1.807) is 37.7 Å². The molecule has 1 aromatic heterocycles. The minimum Gasteiger partial charge on any atom is -0.493 e. The molecular weight excluding hydrogens is 746 g/mol. The van der Waals surface area contributed by atoms with Gasteiger partial charge in [0.2, 0.25) is 0 Å². The lowest BCUT2D eigenvalue weighted by Gasteiger charge is -2.25. The fraction of sp³-hybridized carbons (Fsp3) is 0.321. The molecule has 8 nitrogen and oxygen atoms in total. The average molecular weight is 774 g/mol. The first-order valence-electron chi connectivity index (χ1n) is 12.4. The van der Waals surface area contributed by atoms with E-state index in [0.717, 1.165) is 18.5 Å². The van der Waals surface area contributed by atoms with Crippen LogP contribution < -0.4 is 29.1 Å². The second-order valence-corrected chi connectivity index (χ2v) is 11.7. The summed E-state index contributed by atoms with van der Waals surface area (Å²) in [5.74, 6) is 1.40. The molecule has 0 bridgehead atoms. The lowest BCUT2D eigenvalue weighted by Crippen LogP contribution is -2.40. The molecule has 0 fully saturated rings. The first kappa shape index (κ1) is 29.6. The third kappa shape index (κ3) is 6.04. The van der Waals surface area contributed by atoms with Crippen molar-refractivity contribution in [3.63, 3.8) is 0 Å². The van der Waals surface area contributed by atoms with Crippen LogP contribution >= 0.6 is 56.5 Å². The summed E-state index contributed by atoms with van der Waals surface area (Å²) in [7, 11) is 1.57. The minimum atomic E-state index is -0.742. The zero-order chi connectivity index (χ0) is 28.3.